The maximum Gasteiger partial charge on any atom is 0.340 e. The number of nitro benzene ring substituents is 1. The van der Waals surface area contributed by atoms with Crippen molar-refractivity contribution in [2.24, 2.45) is 0 Å². The van der Waals surface area contributed by atoms with Crippen LogP contribution in [0.4, 0.5) is 11.4 Å². The number of anilines is 1. The number of nitrogens with one attached hydrogen (secondary N) is 1. The smallest absolute Gasteiger partial charge is 0.340 e. The first kappa shape index (κ1) is 21.6. The number of carbonyl (C=O) groups is 2. The second kappa shape index (κ2) is 9.12. The molecule has 0 unspecified atom stereocenters. The van der Waals surface area contributed by atoms with Crippen LogP contribution in [0.5, 0.6) is 5.75 Å². The van der Waals surface area contributed by atoms with Crippen molar-refractivity contribution in [2.75, 3.05) is 19.0 Å². The van der Waals surface area contributed by atoms with Gasteiger partial charge in [0.15, 0.2) is 6.61 Å². The van der Waals surface area contributed by atoms with E-state index in [2.05, 4.69) is 5.32 Å². The van der Waals surface area contributed by atoms with E-state index in [4.69, 9.17) is 9.47 Å². The van der Waals surface area contributed by atoms with Crippen molar-refractivity contribution in [1.82, 2.24) is 4.57 Å². The van der Waals surface area contributed by atoms with E-state index in [0.29, 0.717) is 11.3 Å². The van der Waals surface area contributed by atoms with Gasteiger partial charge in [-0.15, -0.1) is 0 Å². The summed E-state index contributed by atoms with van der Waals surface area (Å²) in [7, 11) is 1.33. The summed E-state index contributed by atoms with van der Waals surface area (Å²) >= 11 is 0. The maximum atomic E-state index is 12.5. The molecule has 0 saturated carbocycles. The van der Waals surface area contributed by atoms with Crippen LogP contribution in [-0.2, 0) is 9.53 Å². The van der Waals surface area contributed by atoms with Crippen LogP contribution in [0, 0.1) is 24.0 Å². The summed E-state index contributed by atoms with van der Waals surface area (Å²) in [6, 6.07) is 15.1. The summed E-state index contributed by atoms with van der Waals surface area (Å²) in [6.07, 6.45) is 0. The summed E-state index contributed by atoms with van der Waals surface area (Å²) in [5.74, 6) is -1.10. The normalized spacial score (nSPS) is 10.4. The van der Waals surface area contributed by atoms with E-state index in [1.165, 1.54) is 25.3 Å². The highest BCUT2D eigenvalue weighted by atomic mass is 16.6. The number of hydrogen-bond donors (Lipinski definition) is 1. The van der Waals surface area contributed by atoms with Gasteiger partial charge in [0.2, 0.25) is 0 Å². The fraction of sp³-hybridized carbons (Fsp3) is 0.182. The van der Waals surface area contributed by atoms with Crippen molar-refractivity contribution < 1.29 is 24.0 Å². The first-order chi connectivity index (χ1) is 14.8. The Balaban J connectivity index is 1.68. The lowest BCUT2D eigenvalue weighted by Crippen LogP contribution is -2.21. The molecule has 0 saturated heterocycles. The number of aryl methyl sites for hydroxylation is 1. The molecule has 0 aliphatic carbocycles. The van der Waals surface area contributed by atoms with Gasteiger partial charge in [-0.1, -0.05) is 18.2 Å². The van der Waals surface area contributed by atoms with Crippen LogP contribution < -0.4 is 10.1 Å². The molecule has 1 amide bonds. The van der Waals surface area contributed by atoms with Crippen LogP contribution in [0.1, 0.15) is 21.7 Å². The zero-order valence-electron chi connectivity index (χ0n) is 17.2. The number of nitrogens with zero attached hydrogens (tertiary/aromatic N) is 2. The molecule has 3 aromatic rings. The molecule has 160 valence electrons. The molecule has 1 heterocycles. The van der Waals surface area contributed by atoms with E-state index >= 15 is 0 Å². The van der Waals surface area contributed by atoms with Crippen molar-refractivity contribution in [3.05, 3.63) is 81.7 Å². The Morgan fingerprint density at radius 3 is 2.45 bits per heavy atom. The summed E-state index contributed by atoms with van der Waals surface area (Å²) in [4.78, 5) is 35.1. The molecule has 0 atom stereocenters. The number of benzene rings is 2. The van der Waals surface area contributed by atoms with Gasteiger partial charge in [0.05, 0.1) is 29.4 Å². The van der Waals surface area contributed by atoms with E-state index in [1.807, 2.05) is 41.8 Å². The van der Waals surface area contributed by atoms with Crippen LogP contribution in [0.3, 0.4) is 0 Å². The molecule has 1 aromatic heterocycles. The average Bonchev–Trinajstić information content (AvgIpc) is 3.06. The Kier molecular flexibility index (Phi) is 6.35. The third-order valence-electron chi connectivity index (χ3n) is 4.67. The SMILES string of the molecule is COc1cc([N+](=O)[O-])ccc1NC(=O)COC(=O)c1cc(C)n(-c2ccccc2)c1C. The van der Waals surface area contributed by atoms with Crippen LogP contribution in [0.25, 0.3) is 5.69 Å². The van der Waals surface area contributed by atoms with Gasteiger partial charge < -0.3 is 19.4 Å². The lowest BCUT2D eigenvalue weighted by molar-refractivity contribution is -0.384. The summed E-state index contributed by atoms with van der Waals surface area (Å²) in [5.41, 5.74) is 2.90. The minimum absolute atomic E-state index is 0.125. The predicted molar refractivity (Wildman–Crippen MR) is 114 cm³/mol. The number of methoxy groups -OCH3 is 1. The highest BCUT2D eigenvalue weighted by Crippen LogP contribution is 2.29. The second-order valence-electron chi connectivity index (χ2n) is 6.72. The number of para-hydroxylation sites is 1. The summed E-state index contributed by atoms with van der Waals surface area (Å²) in [5, 5.41) is 13.4. The first-order valence-corrected chi connectivity index (χ1v) is 9.35. The number of amides is 1. The Labute approximate surface area is 178 Å². The number of rotatable bonds is 7. The van der Waals surface area contributed by atoms with Gasteiger partial charge in [0.1, 0.15) is 5.75 Å². The van der Waals surface area contributed by atoms with Crippen LogP contribution in [0.15, 0.2) is 54.6 Å². The summed E-state index contributed by atoms with van der Waals surface area (Å²) in [6.45, 7) is 3.16. The largest absolute Gasteiger partial charge is 0.494 e. The molecule has 0 radical (unpaired) electrons. The Morgan fingerprint density at radius 2 is 1.81 bits per heavy atom. The second-order valence-corrected chi connectivity index (χ2v) is 6.72. The van der Waals surface area contributed by atoms with Crippen LogP contribution >= 0.6 is 0 Å². The Hall–Kier alpha value is -4.14. The number of esters is 1. The number of carbonyl (C=O) groups excluding carboxylic acids is 2. The van der Waals surface area contributed by atoms with Gasteiger partial charge in [-0.2, -0.15) is 0 Å². The van der Waals surface area contributed by atoms with Crippen molar-refractivity contribution in [1.29, 1.82) is 0 Å². The third-order valence-corrected chi connectivity index (χ3v) is 4.67. The van der Waals surface area contributed by atoms with Gasteiger partial charge in [0, 0.05) is 23.1 Å². The quantitative estimate of drug-likeness (QED) is 0.351. The van der Waals surface area contributed by atoms with Crippen LogP contribution in [0.2, 0.25) is 0 Å². The van der Waals surface area contributed by atoms with Crippen molar-refractivity contribution >= 4 is 23.3 Å². The monoisotopic (exact) mass is 423 g/mol. The van der Waals surface area contributed by atoms with Crippen molar-refractivity contribution in [3.63, 3.8) is 0 Å². The molecule has 0 spiro atoms. The molecule has 3 rings (SSSR count). The standard InChI is InChI=1S/C22H21N3O6/c1-14-11-18(15(2)24(14)16-7-5-4-6-8-16)22(27)31-13-21(26)23-19-10-9-17(25(28)29)12-20(19)30-3/h4-12H,13H2,1-3H3,(H,23,26). The van der Waals surface area contributed by atoms with Crippen molar-refractivity contribution in [2.45, 2.75) is 13.8 Å². The van der Waals surface area contributed by atoms with Gasteiger partial charge >= 0.3 is 5.97 Å². The van der Waals surface area contributed by atoms with Gasteiger partial charge in [-0.25, -0.2) is 4.79 Å². The maximum absolute atomic E-state index is 12.5. The molecular weight excluding hydrogens is 402 g/mol. The topological polar surface area (TPSA) is 113 Å². The number of ether oxygens (including phenoxy) is 2. The van der Waals surface area contributed by atoms with E-state index in [0.717, 1.165) is 11.4 Å². The average molecular weight is 423 g/mol. The van der Waals surface area contributed by atoms with E-state index in [1.54, 1.807) is 13.0 Å². The zero-order valence-corrected chi connectivity index (χ0v) is 17.2. The number of aromatic nitrogens is 1. The molecule has 9 nitrogen and oxygen atoms in total. The molecule has 0 bridgehead atoms. The lowest BCUT2D eigenvalue weighted by Gasteiger charge is -2.11. The fourth-order valence-electron chi connectivity index (χ4n) is 3.24. The lowest BCUT2D eigenvalue weighted by atomic mass is 10.2. The molecule has 31 heavy (non-hydrogen) atoms. The highest BCUT2D eigenvalue weighted by Gasteiger charge is 2.19. The van der Waals surface area contributed by atoms with E-state index in [-0.39, 0.29) is 17.1 Å². The first-order valence-electron chi connectivity index (χ1n) is 9.35. The molecule has 9 heteroatoms. The molecule has 0 fully saturated rings. The zero-order chi connectivity index (χ0) is 22.5. The van der Waals surface area contributed by atoms with E-state index < -0.39 is 23.4 Å². The minimum atomic E-state index is -0.624. The van der Waals surface area contributed by atoms with Crippen LogP contribution in [-0.4, -0.2) is 35.1 Å². The molecule has 0 aliphatic rings. The fourth-order valence-corrected chi connectivity index (χ4v) is 3.24. The predicted octanol–water partition coefficient (Wildman–Crippen LogP) is 3.81. The van der Waals surface area contributed by atoms with E-state index in [9.17, 15) is 19.7 Å². The van der Waals surface area contributed by atoms with Gasteiger partial charge in [0.25, 0.3) is 11.6 Å². The Morgan fingerprint density at radius 1 is 1.10 bits per heavy atom. The number of hydrogen-bond acceptors (Lipinski definition) is 6. The van der Waals surface area contributed by atoms with Gasteiger partial charge in [-0.05, 0) is 38.1 Å². The highest BCUT2D eigenvalue weighted by molar-refractivity contribution is 5.97. The molecule has 1 N–H and O–H groups in total. The Bertz CT molecular complexity index is 1140. The molecular formula is C22H21N3O6. The minimum Gasteiger partial charge on any atom is -0.494 e. The molecule has 2 aromatic carbocycles. The third kappa shape index (κ3) is 4.72. The van der Waals surface area contributed by atoms with Crippen molar-refractivity contribution in [3.8, 4) is 11.4 Å². The van der Waals surface area contributed by atoms with Gasteiger partial charge in [-0.3, -0.25) is 14.9 Å². The number of non-ortho nitro benzene ring substituents is 1. The summed E-state index contributed by atoms with van der Waals surface area (Å²) < 4.78 is 12.2. The number of nitro groups is 1. The molecule has 0 aliphatic heterocycles.